The number of hydrogen-bond donors (Lipinski definition) is 1. The van der Waals surface area contributed by atoms with Gasteiger partial charge in [-0.1, -0.05) is 30.3 Å². The largest absolute Gasteiger partial charge is 0.497 e. The maximum atomic E-state index is 12.7. The molecule has 0 radical (unpaired) electrons. The summed E-state index contributed by atoms with van der Waals surface area (Å²) in [4.78, 5) is 14.7. The molecule has 158 valence electrons. The fourth-order valence-corrected chi connectivity index (χ4v) is 5.13. The summed E-state index contributed by atoms with van der Waals surface area (Å²) in [5.74, 6) is -0.0579. The van der Waals surface area contributed by atoms with Gasteiger partial charge in [0.1, 0.15) is 5.75 Å². The molecule has 30 heavy (non-hydrogen) atoms. The highest BCUT2D eigenvalue weighted by atomic mass is 32.2. The molecular formula is C22H24N2O5S. The average molecular weight is 429 g/mol. The quantitative estimate of drug-likeness (QED) is 0.707. The van der Waals surface area contributed by atoms with Crippen molar-refractivity contribution in [3.63, 3.8) is 0 Å². The second-order valence-electron chi connectivity index (χ2n) is 7.50. The van der Waals surface area contributed by atoms with Gasteiger partial charge in [-0.15, -0.1) is 0 Å². The standard InChI is InChI=1S/C22H24N2O5S/c1-29-19-7-9-20(10-8-19)30(27,28)24-13-18(14-24)17-11-23(12-17)22(26)21(15-25)16-5-3-2-4-6-16/h2-10,21,25H,11-15H2,1H3/t21-/m1/s1. The number of hydrogen-bond acceptors (Lipinski definition) is 5. The molecule has 7 nitrogen and oxygen atoms in total. The van der Waals surface area contributed by atoms with Crippen LogP contribution in [0.2, 0.25) is 0 Å². The highest BCUT2D eigenvalue weighted by Crippen LogP contribution is 2.32. The molecule has 2 aliphatic heterocycles. The van der Waals surface area contributed by atoms with E-state index in [1.54, 1.807) is 29.2 Å². The lowest BCUT2D eigenvalue weighted by atomic mass is 9.92. The van der Waals surface area contributed by atoms with E-state index < -0.39 is 15.9 Å². The molecule has 1 atom stereocenters. The molecule has 0 unspecified atom stereocenters. The Bertz CT molecular complexity index is 1050. The maximum Gasteiger partial charge on any atom is 0.243 e. The summed E-state index contributed by atoms with van der Waals surface area (Å²) in [6.45, 7) is 1.46. The topological polar surface area (TPSA) is 87.2 Å². The van der Waals surface area contributed by atoms with Gasteiger partial charge in [0.25, 0.3) is 0 Å². The van der Waals surface area contributed by atoms with Crippen molar-refractivity contribution in [2.45, 2.75) is 10.8 Å². The summed E-state index contributed by atoms with van der Waals surface area (Å²) >= 11 is 0. The Morgan fingerprint density at radius 1 is 1.00 bits per heavy atom. The first kappa shape index (κ1) is 20.6. The second-order valence-corrected chi connectivity index (χ2v) is 9.43. The summed E-state index contributed by atoms with van der Waals surface area (Å²) in [5.41, 5.74) is 2.97. The van der Waals surface area contributed by atoms with Crippen LogP contribution in [0.3, 0.4) is 0 Å². The van der Waals surface area contributed by atoms with Gasteiger partial charge < -0.3 is 14.7 Å². The van der Waals surface area contributed by atoms with Crippen LogP contribution < -0.4 is 4.74 Å². The van der Waals surface area contributed by atoms with Crippen molar-refractivity contribution in [1.29, 1.82) is 0 Å². The third-order valence-corrected chi connectivity index (χ3v) is 7.50. The van der Waals surface area contributed by atoms with Gasteiger partial charge in [0.05, 0.1) is 24.5 Å². The van der Waals surface area contributed by atoms with Crippen LogP contribution in [0.25, 0.3) is 0 Å². The maximum absolute atomic E-state index is 12.7. The van der Waals surface area contributed by atoms with Crippen LogP contribution in [0.15, 0.2) is 70.6 Å². The number of aliphatic hydroxyl groups excluding tert-OH is 1. The van der Waals surface area contributed by atoms with Gasteiger partial charge in [0.15, 0.2) is 0 Å². The van der Waals surface area contributed by atoms with E-state index in [1.807, 2.05) is 30.3 Å². The number of carbonyl (C=O) groups is 1. The van der Waals surface area contributed by atoms with E-state index in [2.05, 4.69) is 0 Å². The van der Waals surface area contributed by atoms with E-state index in [-0.39, 0.29) is 17.4 Å². The number of ether oxygens (including phenoxy) is 1. The van der Waals surface area contributed by atoms with Crippen LogP contribution in [-0.4, -0.2) is 68.5 Å². The molecule has 1 N–H and O–H groups in total. The van der Waals surface area contributed by atoms with E-state index >= 15 is 0 Å². The van der Waals surface area contributed by atoms with Gasteiger partial charge in [-0.3, -0.25) is 4.79 Å². The summed E-state index contributed by atoms with van der Waals surface area (Å²) < 4.78 is 31.9. The molecule has 2 aromatic rings. The summed E-state index contributed by atoms with van der Waals surface area (Å²) in [5, 5.41) is 9.68. The molecule has 2 fully saturated rings. The minimum Gasteiger partial charge on any atom is -0.497 e. The Labute approximate surface area is 176 Å². The zero-order chi connectivity index (χ0) is 21.3. The Morgan fingerprint density at radius 3 is 2.17 bits per heavy atom. The van der Waals surface area contributed by atoms with Crippen LogP contribution in [0.4, 0.5) is 0 Å². The Hall–Kier alpha value is -2.68. The van der Waals surface area contributed by atoms with Crippen molar-refractivity contribution < 1.29 is 23.1 Å². The molecular weight excluding hydrogens is 404 g/mol. The number of likely N-dealkylation sites (tertiary alicyclic amines) is 1. The molecule has 2 aliphatic rings. The molecule has 2 saturated heterocycles. The minimum atomic E-state index is -3.53. The number of aliphatic hydroxyl groups is 1. The first-order chi connectivity index (χ1) is 14.4. The molecule has 0 saturated carbocycles. The lowest BCUT2D eigenvalue weighted by Gasteiger charge is -2.42. The Morgan fingerprint density at radius 2 is 1.60 bits per heavy atom. The Balaban J connectivity index is 1.36. The van der Waals surface area contributed by atoms with Crippen molar-refractivity contribution in [1.82, 2.24) is 9.21 Å². The number of amides is 1. The summed E-state index contributed by atoms with van der Waals surface area (Å²) in [6.07, 6.45) is 0. The molecule has 0 aliphatic carbocycles. The number of carbonyl (C=O) groups excluding carboxylic acids is 1. The van der Waals surface area contributed by atoms with Crippen LogP contribution in [0, 0.1) is 0 Å². The van der Waals surface area contributed by atoms with Gasteiger partial charge in [-0.2, -0.15) is 4.31 Å². The number of sulfonamides is 1. The van der Waals surface area contributed by atoms with Gasteiger partial charge in [0, 0.05) is 26.2 Å². The zero-order valence-electron chi connectivity index (χ0n) is 16.7. The van der Waals surface area contributed by atoms with Crippen molar-refractivity contribution in [2.24, 2.45) is 0 Å². The van der Waals surface area contributed by atoms with Gasteiger partial charge in [-0.25, -0.2) is 8.42 Å². The Kier molecular flexibility index (Phi) is 5.64. The van der Waals surface area contributed by atoms with Crippen molar-refractivity contribution in [3.8, 4) is 5.75 Å². The van der Waals surface area contributed by atoms with Crippen molar-refractivity contribution in [2.75, 3.05) is 39.9 Å². The second kappa shape index (κ2) is 8.22. The lowest BCUT2D eigenvalue weighted by molar-refractivity contribution is -0.135. The van der Waals surface area contributed by atoms with Crippen LogP contribution >= 0.6 is 0 Å². The van der Waals surface area contributed by atoms with Gasteiger partial charge >= 0.3 is 0 Å². The number of nitrogens with zero attached hydrogens (tertiary/aromatic N) is 2. The molecule has 4 rings (SSSR count). The van der Waals surface area contributed by atoms with Crippen LogP contribution in [0.5, 0.6) is 5.75 Å². The molecule has 2 heterocycles. The monoisotopic (exact) mass is 428 g/mol. The van der Waals surface area contributed by atoms with Gasteiger partial charge in [-0.05, 0) is 41.0 Å². The van der Waals surface area contributed by atoms with E-state index in [9.17, 15) is 18.3 Å². The molecule has 0 aromatic heterocycles. The number of rotatable bonds is 6. The van der Waals surface area contributed by atoms with E-state index in [4.69, 9.17) is 4.74 Å². The van der Waals surface area contributed by atoms with Crippen LogP contribution in [0.1, 0.15) is 11.5 Å². The zero-order valence-corrected chi connectivity index (χ0v) is 17.5. The molecule has 2 aromatic carbocycles. The average Bonchev–Trinajstić information content (AvgIpc) is 2.69. The molecule has 0 spiro atoms. The highest BCUT2D eigenvalue weighted by Gasteiger charge is 2.39. The van der Waals surface area contributed by atoms with E-state index in [0.717, 1.165) is 16.7 Å². The first-order valence-electron chi connectivity index (χ1n) is 9.72. The highest BCUT2D eigenvalue weighted by molar-refractivity contribution is 7.89. The smallest absolute Gasteiger partial charge is 0.243 e. The molecule has 0 bridgehead atoms. The summed E-state index contributed by atoms with van der Waals surface area (Å²) in [7, 11) is -2.00. The summed E-state index contributed by atoms with van der Waals surface area (Å²) in [6, 6.07) is 15.6. The number of methoxy groups -OCH3 is 1. The van der Waals surface area contributed by atoms with E-state index in [0.29, 0.717) is 31.9 Å². The third kappa shape index (κ3) is 3.74. The SMILES string of the molecule is COc1ccc(S(=O)(=O)N2CC(=C3CN(C(=O)[C@H](CO)c4ccccc4)C3)C2)cc1. The van der Waals surface area contributed by atoms with Gasteiger partial charge in [0.2, 0.25) is 15.9 Å². The molecule has 8 heteroatoms. The fourth-order valence-electron chi connectivity index (χ4n) is 3.70. The van der Waals surface area contributed by atoms with Crippen molar-refractivity contribution in [3.05, 3.63) is 71.3 Å². The lowest BCUT2D eigenvalue weighted by Crippen LogP contribution is -2.52. The van der Waals surface area contributed by atoms with Crippen LogP contribution in [-0.2, 0) is 14.8 Å². The van der Waals surface area contributed by atoms with Crippen molar-refractivity contribution >= 4 is 15.9 Å². The third-order valence-electron chi connectivity index (χ3n) is 5.69. The van der Waals surface area contributed by atoms with E-state index in [1.165, 1.54) is 11.4 Å². The predicted molar refractivity (Wildman–Crippen MR) is 112 cm³/mol. The first-order valence-corrected chi connectivity index (χ1v) is 11.2. The number of benzene rings is 2. The normalized spacial score (nSPS) is 17.9. The fraction of sp³-hybridized carbons (Fsp3) is 0.318. The minimum absolute atomic E-state index is 0.102. The molecule has 1 amide bonds. The predicted octanol–water partition coefficient (Wildman–Crippen LogP) is 1.61.